The molecule has 0 bridgehead atoms. The van der Waals surface area contributed by atoms with Crippen molar-refractivity contribution < 1.29 is 9.53 Å². The molecule has 0 aliphatic rings. The first kappa shape index (κ1) is 14.9. The predicted molar refractivity (Wildman–Crippen MR) is 68.1 cm³/mol. The quantitative estimate of drug-likeness (QED) is 0.327. The lowest BCUT2D eigenvalue weighted by atomic mass is 10.1. The summed E-state index contributed by atoms with van der Waals surface area (Å²) < 4.78 is 4.58. The van der Waals surface area contributed by atoms with Crippen LogP contribution in [-0.4, -0.2) is 19.2 Å². The molecule has 0 saturated heterocycles. The number of methoxy groups -OCH3 is 1. The maximum Gasteiger partial charge on any atom is 0.305 e. The minimum atomic E-state index is -0.0737. The van der Waals surface area contributed by atoms with Gasteiger partial charge in [-0.2, -0.15) is 0 Å². The van der Waals surface area contributed by atoms with Crippen molar-refractivity contribution in [3.8, 4) is 0 Å². The fourth-order valence-corrected chi connectivity index (χ4v) is 1.87. The summed E-state index contributed by atoms with van der Waals surface area (Å²) in [5.74, 6) is -0.0737. The highest BCUT2D eigenvalue weighted by Gasteiger charge is 1.98. The van der Waals surface area contributed by atoms with E-state index >= 15 is 0 Å². The van der Waals surface area contributed by atoms with E-state index in [1.807, 2.05) is 0 Å². The molecular formula is C12H25O2P. The summed E-state index contributed by atoms with van der Waals surface area (Å²) in [4.78, 5) is 10.8. The van der Waals surface area contributed by atoms with Gasteiger partial charge in [0, 0.05) is 6.42 Å². The highest BCUT2D eigenvalue weighted by Crippen LogP contribution is 2.10. The van der Waals surface area contributed by atoms with Crippen LogP contribution < -0.4 is 0 Å². The van der Waals surface area contributed by atoms with Crippen molar-refractivity contribution in [3.63, 3.8) is 0 Å². The zero-order valence-electron chi connectivity index (χ0n) is 9.96. The first-order valence-corrected chi connectivity index (χ1v) is 6.89. The van der Waals surface area contributed by atoms with Crippen molar-refractivity contribution >= 4 is 15.2 Å². The topological polar surface area (TPSA) is 26.3 Å². The van der Waals surface area contributed by atoms with E-state index in [1.54, 1.807) is 0 Å². The van der Waals surface area contributed by atoms with E-state index in [0.717, 1.165) is 6.42 Å². The molecule has 0 fully saturated rings. The lowest BCUT2D eigenvalue weighted by Gasteiger charge is -2.01. The van der Waals surface area contributed by atoms with E-state index in [4.69, 9.17) is 0 Å². The predicted octanol–water partition coefficient (Wildman–Crippen LogP) is 3.55. The monoisotopic (exact) mass is 232 g/mol. The number of hydrogen-bond donors (Lipinski definition) is 0. The van der Waals surface area contributed by atoms with Crippen molar-refractivity contribution in [2.24, 2.45) is 0 Å². The molecule has 15 heavy (non-hydrogen) atoms. The first-order valence-electron chi connectivity index (χ1n) is 6.08. The molecule has 0 aliphatic carbocycles. The molecule has 0 aliphatic heterocycles. The van der Waals surface area contributed by atoms with Gasteiger partial charge in [-0.05, 0) is 19.0 Å². The third-order valence-electron chi connectivity index (χ3n) is 2.56. The number of rotatable bonds is 10. The summed E-state index contributed by atoms with van der Waals surface area (Å²) in [5, 5.41) is 0. The van der Waals surface area contributed by atoms with Crippen molar-refractivity contribution in [1.29, 1.82) is 0 Å². The van der Waals surface area contributed by atoms with Gasteiger partial charge in [-0.3, -0.25) is 4.79 Å². The van der Waals surface area contributed by atoms with Gasteiger partial charge >= 0.3 is 5.97 Å². The average molecular weight is 232 g/mol. The van der Waals surface area contributed by atoms with E-state index in [0.29, 0.717) is 6.42 Å². The van der Waals surface area contributed by atoms with Gasteiger partial charge in [-0.25, -0.2) is 0 Å². The van der Waals surface area contributed by atoms with E-state index in [-0.39, 0.29) is 5.97 Å². The Kier molecular flexibility index (Phi) is 11.9. The Balaban J connectivity index is 2.95. The summed E-state index contributed by atoms with van der Waals surface area (Å²) in [5.41, 5.74) is 0. The van der Waals surface area contributed by atoms with Crippen LogP contribution >= 0.6 is 9.24 Å². The third kappa shape index (κ3) is 11.8. The number of carbonyl (C=O) groups excluding carboxylic acids is 1. The second kappa shape index (κ2) is 12.0. The summed E-state index contributed by atoms with van der Waals surface area (Å²) in [6.45, 7) is 0. The van der Waals surface area contributed by atoms with Crippen LogP contribution in [0.3, 0.4) is 0 Å². The third-order valence-corrected chi connectivity index (χ3v) is 2.97. The van der Waals surface area contributed by atoms with Crippen LogP contribution in [0.25, 0.3) is 0 Å². The summed E-state index contributed by atoms with van der Waals surface area (Å²) in [6, 6.07) is 0. The molecule has 0 N–H and O–H groups in total. The van der Waals surface area contributed by atoms with E-state index in [2.05, 4.69) is 14.0 Å². The van der Waals surface area contributed by atoms with Gasteiger partial charge in [0.15, 0.2) is 0 Å². The molecule has 0 saturated carbocycles. The molecule has 0 amide bonds. The van der Waals surface area contributed by atoms with Crippen LogP contribution in [0.2, 0.25) is 0 Å². The second-order valence-electron chi connectivity index (χ2n) is 3.94. The van der Waals surface area contributed by atoms with Gasteiger partial charge in [0.05, 0.1) is 7.11 Å². The molecule has 0 aromatic heterocycles. The first-order chi connectivity index (χ1) is 7.31. The summed E-state index contributed by atoms with van der Waals surface area (Å²) >= 11 is 0. The molecule has 0 radical (unpaired) electrons. The van der Waals surface area contributed by atoms with Crippen molar-refractivity contribution in [1.82, 2.24) is 0 Å². The smallest absolute Gasteiger partial charge is 0.305 e. The maximum absolute atomic E-state index is 10.8. The molecule has 0 aromatic carbocycles. The van der Waals surface area contributed by atoms with Gasteiger partial charge in [0.1, 0.15) is 0 Å². The lowest BCUT2D eigenvalue weighted by Crippen LogP contribution is -1.99. The molecule has 2 nitrogen and oxygen atoms in total. The average Bonchev–Trinajstić information content (AvgIpc) is 2.26. The number of hydrogen-bond acceptors (Lipinski definition) is 2. The molecule has 0 aromatic rings. The number of carbonyl (C=O) groups is 1. The van der Waals surface area contributed by atoms with Gasteiger partial charge in [0.2, 0.25) is 0 Å². The van der Waals surface area contributed by atoms with E-state index in [1.165, 1.54) is 58.2 Å². The Morgan fingerprint density at radius 3 is 1.87 bits per heavy atom. The zero-order valence-corrected chi connectivity index (χ0v) is 11.1. The fraction of sp³-hybridized carbons (Fsp3) is 0.917. The Hall–Kier alpha value is -0.100. The highest BCUT2D eigenvalue weighted by atomic mass is 31.0. The Morgan fingerprint density at radius 2 is 1.40 bits per heavy atom. The van der Waals surface area contributed by atoms with E-state index < -0.39 is 0 Å². The minimum Gasteiger partial charge on any atom is -0.469 e. The SMILES string of the molecule is COC(=O)CCCCCCCCCCP. The molecular weight excluding hydrogens is 207 g/mol. The number of ether oxygens (including phenoxy) is 1. The molecule has 0 heterocycles. The highest BCUT2D eigenvalue weighted by molar-refractivity contribution is 7.16. The Labute approximate surface area is 96.4 Å². The Morgan fingerprint density at radius 1 is 0.933 bits per heavy atom. The standard InChI is InChI=1S/C12H25O2P/c1-14-12(13)10-8-6-4-2-3-5-7-9-11-15/h2-11,15H2,1H3. The van der Waals surface area contributed by atoms with Crippen molar-refractivity contribution in [3.05, 3.63) is 0 Å². The number of unbranched alkanes of at least 4 members (excludes halogenated alkanes) is 7. The zero-order chi connectivity index (χ0) is 11.4. The molecule has 0 rings (SSSR count). The largest absolute Gasteiger partial charge is 0.469 e. The van der Waals surface area contributed by atoms with Gasteiger partial charge in [0.25, 0.3) is 0 Å². The maximum atomic E-state index is 10.8. The van der Waals surface area contributed by atoms with Crippen molar-refractivity contribution in [2.75, 3.05) is 13.3 Å². The van der Waals surface area contributed by atoms with Crippen molar-refractivity contribution in [2.45, 2.75) is 57.8 Å². The molecule has 3 heteroatoms. The lowest BCUT2D eigenvalue weighted by molar-refractivity contribution is -0.140. The van der Waals surface area contributed by atoms with Crippen LogP contribution in [-0.2, 0) is 9.53 Å². The van der Waals surface area contributed by atoms with Crippen LogP contribution in [0.5, 0.6) is 0 Å². The fourth-order valence-electron chi connectivity index (χ4n) is 1.58. The van der Waals surface area contributed by atoms with Crippen LogP contribution in [0.1, 0.15) is 57.8 Å². The van der Waals surface area contributed by atoms with E-state index in [9.17, 15) is 4.79 Å². The Bertz CT molecular complexity index is 149. The normalized spacial score (nSPS) is 10.3. The summed E-state index contributed by atoms with van der Waals surface area (Å²) in [7, 11) is 4.22. The summed E-state index contributed by atoms with van der Waals surface area (Å²) in [6.07, 6.45) is 12.0. The second-order valence-corrected chi connectivity index (χ2v) is 4.52. The number of esters is 1. The molecule has 1 atom stereocenters. The van der Waals surface area contributed by atoms with Crippen LogP contribution in [0.4, 0.5) is 0 Å². The van der Waals surface area contributed by atoms with Gasteiger partial charge < -0.3 is 4.74 Å². The van der Waals surface area contributed by atoms with Gasteiger partial charge in [-0.15, -0.1) is 9.24 Å². The minimum absolute atomic E-state index is 0.0737. The van der Waals surface area contributed by atoms with Crippen LogP contribution in [0, 0.1) is 0 Å². The van der Waals surface area contributed by atoms with Gasteiger partial charge in [-0.1, -0.05) is 38.5 Å². The molecule has 1 unspecified atom stereocenters. The van der Waals surface area contributed by atoms with Crippen LogP contribution in [0.15, 0.2) is 0 Å². The molecule has 90 valence electrons. The molecule has 0 spiro atoms.